The number of nitrogens with one attached hydrogen (secondary N) is 2. The average Bonchev–Trinajstić information content (AvgIpc) is 3.44. The van der Waals surface area contributed by atoms with Crippen LogP contribution in [-0.2, 0) is 9.59 Å². The lowest BCUT2D eigenvalue weighted by molar-refractivity contribution is -0.488. The Bertz CT molecular complexity index is 799. The monoisotopic (exact) mass is 676 g/mol. The van der Waals surface area contributed by atoms with Crippen LogP contribution in [0.3, 0.4) is 0 Å². The highest BCUT2D eigenvalue weighted by atomic mass is 16.2. The summed E-state index contributed by atoms with van der Waals surface area (Å²) in [5.41, 5.74) is 0. The van der Waals surface area contributed by atoms with Crippen LogP contribution in [0, 0.1) is 0 Å². The number of rotatable bonds is 34. The molecule has 282 valence electrons. The van der Waals surface area contributed by atoms with Gasteiger partial charge >= 0.3 is 5.96 Å². The summed E-state index contributed by atoms with van der Waals surface area (Å²) in [4.78, 5) is 27.6. The molecule has 6 heteroatoms. The van der Waals surface area contributed by atoms with Crippen LogP contribution in [0.25, 0.3) is 0 Å². The number of guanidine groups is 1. The third kappa shape index (κ3) is 25.4. The molecule has 1 rings (SSSR count). The number of unbranched alkanes of at least 4 members (excludes halogenated alkanes) is 28. The number of hydrogen-bond acceptors (Lipinski definition) is 3. The Kier molecular flexibility index (Phi) is 30.2. The molecule has 2 amide bonds. The first-order chi connectivity index (χ1) is 23.5. The van der Waals surface area contributed by atoms with E-state index in [-0.39, 0.29) is 18.0 Å². The van der Waals surface area contributed by atoms with Gasteiger partial charge in [-0.3, -0.25) is 14.2 Å². The van der Waals surface area contributed by atoms with E-state index in [0.29, 0.717) is 12.8 Å². The van der Waals surface area contributed by atoms with E-state index in [1.807, 2.05) is 14.0 Å². The number of hydrogen-bond donors (Lipinski definition) is 2. The minimum atomic E-state index is -0.125. The Morgan fingerprint density at radius 1 is 0.542 bits per heavy atom. The first kappa shape index (κ1) is 44.4. The van der Waals surface area contributed by atoms with Crippen molar-refractivity contribution in [1.82, 2.24) is 15.5 Å². The van der Waals surface area contributed by atoms with Crippen LogP contribution in [0.2, 0.25) is 0 Å². The first-order valence-electron chi connectivity index (χ1n) is 21.4. The molecule has 0 aromatic carbocycles. The molecule has 48 heavy (non-hydrogen) atoms. The second-order valence-corrected chi connectivity index (χ2v) is 15.1. The van der Waals surface area contributed by atoms with Gasteiger partial charge in [0, 0.05) is 12.8 Å². The van der Waals surface area contributed by atoms with Crippen molar-refractivity contribution in [3.05, 3.63) is 0 Å². The molecule has 0 aliphatic carbocycles. The highest BCUT2D eigenvalue weighted by molar-refractivity contribution is 5.95. The van der Waals surface area contributed by atoms with Gasteiger partial charge in [0.1, 0.15) is 6.17 Å². The maximum absolute atomic E-state index is 12.8. The fourth-order valence-corrected chi connectivity index (χ4v) is 7.12. The lowest BCUT2D eigenvalue weighted by atomic mass is 10.0. The molecular formula is C42H83N4O2+. The molecule has 0 saturated carbocycles. The number of likely N-dealkylation sites (N-methyl/N-ethyl adjacent to an activating group) is 1. The van der Waals surface area contributed by atoms with E-state index in [1.54, 1.807) is 0 Å². The van der Waals surface area contributed by atoms with Gasteiger partial charge in [0.2, 0.25) is 5.91 Å². The highest BCUT2D eigenvalue weighted by Gasteiger charge is 2.34. The summed E-state index contributed by atoms with van der Waals surface area (Å²) in [6.07, 6.45) is 41.0. The summed E-state index contributed by atoms with van der Waals surface area (Å²) >= 11 is 0. The number of carbonyl (C=O) groups excluding carboxylic acids is 2. The summed E-state index contributed by atoms with van der Waals surface area (Å²) in [7, 11) is 2.02. The van der Waals surface area contributed by atoms with Gasteiger partial charge in [0.15, 0.2) is 0 Å². The molecule has 0 spiro atoms. The molecule has 0 aromatic rings. The van der Waals surface area contributed by atoms with Crippen LogP contribution < -0.4 is 10.6 Å². The van der Waals surface area contributed by atoms with Gasteiger partial charge < -0.3 is 5.32 Å². The number of carbonyl (C=O) groups is 2. The predicted molar refractivity (Wildman–Crippen MR) is 208 cm³/mol. The number of nitrogens with zero attached hydrogens (tertiary/aromatic N) is 2. The third-order valence-corrected chi connectivity index (χ3v) is 10.4. The van der Waals surface area contributed by atoms with Crippen molar-refractivity contribution >= 4 is 17.8 Å². The van der Waals surface area contributed by atoms with E-state index in [2.05, 4.69) is 34.0 Å². The SMILES string of the molecule is CCCCCCCCCCCCCCCCCC(=O)NC1=[N+](C)CCN1C(C)NC(=O)CCCCCCCCCCCCCCCCC. The minimum Gasteiger partial charge on any atom is -0.324 e. The summed E-state index contributed by atoms with van der Waals surface area (Å²) < 4.78 is 2.10. The van der Waals surface area contributed by atoms with E-state index < -0.39 is 0 Å². The molecule has 1 atom stereocenters. The fraction of sp³-hybridized carbons (Fsp3) is 0.929. The molecule has 0 bridgehead atoms. The predicted octanol–water partition coefficient (Wildman–Crippen LogP) is 11.4. The van der Waals surface area contributed by atoms with Crippen molar-refractivity contribution in [1.29, 1.82) is 0 Å². The second kappa shape index (κ2) is 32.6. The van der Waals surface area contributed by atoms with Gasteiger partial charge in [0.05, 0.1) is 20.1 Å². The Morgan fingerprint density at radius 2 is 0.854 bits per heavy atom. The highest BCUT2D eigenvalue weighted by Crippen LogP contribution is 2.15. The van der Waals surface area contributed by atoms with Gasteiger partial charge in [0.25, 0.3) is 5.91 Å². The normalized spacial score (nSPS) is 13.8. The quantitative estimate of drug-likeness (QED) is 0.0527. The van der Waals surface area contributed by atoms with Crippen LogP contribution in [0.1, 0.15) is 226 Å². The van der Waals surface area contributed by atoms with Gasteiger partial charge in [-0.25, -0.2) is 10.2 Å². The molecule has 0 fully saturated rings. The zero-order chi connectivity index (χ0) is 34.9. The first-order valence-corrected chi connectivity index (χ1v) is 21.4. The molecule has 1 unspecified atom stereocenters. The van der Waals surface area contributed by atoms with Gasteiger partial charge in [-0.1, -0.05) is 194 Å². The van der Waals surface area contributed by atoms with Crippen LogP contribution >= 0.6 is 0 Å². The van der Waals surface area contributed by atoms with Gasteiger partial charge in [-0.05, 0) is 19.8 Å². The van der Waals surface area contributed by atoms with Crippen molar-refractivity contribution in [2.45, 2.75) is 232 Å². The fourth-order valence-electron chi connectivity index (χ4n) is 7.12. The summed E-state index contributed by atoms with van der Waals surface area (Å²) in [5, 5.41) is 6.34. The molecule has 1 aliphatic rings. The zero-order valence-corrected chi connectivity index (χ0v) is 32.8. The second-order valence-electron chi connectivity index (χ2n) is 15.1. The summed E-state index contributed by atoms with van der Waals surface area (Å²) in [6.45, 7) is 8.27. The summed E-state index contributed by atoms with van der Waals surface area (Å²) in [5.74, 6) is 1.05. The van der Waals surface area contributed by atoms with Crippen LogP contribution in [-0.4, -0.2) is 53.6 Å². The van der Waals surface area contributed by atoms with Crippen molar-refractivity contribution in [2.75, 3.05) is 20.1 Å². The van der Waals surface area contributed by atoms with Crippen LogP contribution in [0.15, 0.2) is 0 Å². The smallest absolute Gasteiger partial charge is 0.324 e. The van der Waals surface area contributed by atoms with Gasteiger partial charge in [-0.2, -0.15) is 0 Å². The lowest BCUT2D eigenvalue weighted by Gasteiger charge is -2.22. The molecule has 1 aliphatic heterocycles. The Morgan fingerprint density at radius 3 is 1.21 bits per heavy atom. The third-order valence-electron chi connectivity index (χ3n) is 10.4. The Labute approximate surface area is 299 Å². The van der Waals surface area contributed by atoms with E-state index in [1.165, 1.54) is 167 Å². The van der Waals surface area contributed by atoms with E-state index >= 15 is 0 Å². The van der Waals surface area contributed by atoms with Crippen molar-refractivity contribution in [2.24, 2.45) is 0 Å². The molecule has 2 N–H and O–H groups in total. The topological polar surface area (TPSA) is 64.5 Å². The Balaban J connectivity index is 2.03. The molecular weight excluding hydrogens is 592 g/mol. The standard InChI is InChI=1S/C42H82N4O2/c1-5-7-9-11-13-15-17-19-21-23-25-27-29-31-33-35-40(47)43-39(3)46-38-37-45(4)42(46)44-41(48)36-34-32-30-28-26-24-22-20-18-16-14-12-10-8-6-2/h39H,5-38H2,1-4H3,(H,43,47)/p+1. The van der Waals surface area contributed by atoms with E-state index in [0.717, 1.165) is 44.7 Å². The largest absolute Gasteiger partial charge is 0.357 e. The van der Waals surface area contributed by atoms with Crippen molar-refractivity contribution in [3.63, 3.8) is 0 Å². The van der Waals surface area contributed by atoms with E-state index in [9.17, 15) is 9.59 Å². The van der Waals surface area contributed by atoms with Crippen molar-refractivity contribution in [3.8, 4) is 0 Å². The molecule has 1 heterocycles. The lowest BCUT2D eigenvalue weighted by Crippen LogP contribution is -2.53. The molecule has 6 nitrogen and oxygen atoms in total. The average molecular weight is 676 g/mol. The maximum atomic E-state index is 12.8. The summed E-state index contributed by atoms with van der Waals surface area (Å²) in [6, 6.07) is 0. The van der Waals surface area contributed by atoms with Gasteiger partial charge in [-0.15, -0.1) is 0 Å². The van der Waals surface area contributed by atoms with Crippen LogP contribution in [0.5, 0.6) is 0 Å². The zero-order valence-electron chi connectivity index (χ0n) is 32.8. The van der Waals surface area contributed by atoms with Crippen molar-refractivity contribution < 1.29 is 14.2 Å². The molecule has 0 aromatic heterocycles. The number of amides is 2. The van der Waals surface area contributed by atoms with Crippen LogP contribution in [0.4, 0.5) is 0 Å². The molecule has 0 radical (unpaired) electrons. The van der Waals surface area contributed by atoms with E-state index in [4.69, 9.17) is 0 Å². The Hall–Kier alpha value is -1.59. The molecule has 0 saturated heterocycles. The minimum absolute atomic E-state index is 0.0924. The maximum Gasteiger partial charge on any atom is 0.357 e.